The third-order valence-corrected chi connectivity index (χ3v) is 4.66. The highest BCUT2D eigenvalue weighted by atomic mass is 16.6. The molecule has 0 radical (unpaired) electrons. The van der Waals surface area contributed by atoms with Gasteiger partial charge < -0.3 is 19.5 Å². The maximum absolute atomic E-state index is 12.2. The Balaban J connectivity index is 1.24. The molecule has 0 spiro atoms. The summed E-state index contributed by atoms with van der Waals surface area (Å²) in [6.07, 6.45) is 0.640. The third kappa shape index (κ3) is 4.66. The first-order valence-electron chi connectivity index (χ1n) is 9.50. The Kier molecular flexibility index (Phi) is 5.61. The van der Waals surface area contributed by atoms with Gasteiger partial charge in [-0.3, -0.25) is 4.79 Å². The van der Waals surface area contributed by atoms with E-state index in [4.69, 9.17) is 14.2 Å². The molecule has 0 aromatic heterocycles. The summed E-state index contributed by atoms with van der Waals surface area (Å²) in [6, 6.07) is 18.8. The van der Waals surface area contributed by atoms with E-state index in [0.717, 1.165) is 27.8 Å². The SMILES string of the molecule is O=C(COC(=O)c1ccc2ccccc2c1)NCCc1ccc2c(c1)OCCO2. The second-order valence-electron chi connectivity index (χ2n) is 6.72. The van der Waals surface area contributed by atoms with E-state index in [2.05, 4.69) is 5.32 Å². The van der Waals surface area contributed by atoms with E-state index in [9.17, 15) is 9.59 Å². The molecule has 29 heavy (non-hydrogen) atoms. The first kappa shape index (κ1) is 18.8. The fourth-order valence-corrected chi connectivity index (χ4v) is 3.17. The topological polar surface area (TPSA) is 73.9 Å². The van der Waals surface area contributed by atoms with Gasteiger partial charge in [0.2, 0.25) is 0 Å². The highest BCUT2D eigenvalue weighted by Gasteiger charge is 2.13. The molecule has 148 valence electrons. The summed E-state index contributed by atoms with van der Waals surface area (Å²) >= 11 is 0. The third-order valence-electron chi connectivity index (χ3n) is 4.66. The number of hydrogen-bond donors (Lipinski definition) is 1. The normalized spacial score (nSPS) is 12.4. The molecule has 6 heteroatoms. The van der Waals surface area contributed by atoms with Gasteiger partial charge in [0, 0.05) is 6.54 Å². The van der Waals surface area contributed by atoms with E-state index in [-0.39, 0.29) is 12.5 Å². The Hall–Kier alpha value is -3.54. The number of amides is 1. The Morgan fingerprint density at radius 2 is 1.69 bits per heavy atom. The number of nitrogens with one attached hydrogen (secondary N) is 1. The summed E-state index contributed by atoms with van der Waals surface area (Å²) in [5.74, 6) is 0.614. The van der Waals surface area contributed by atoms with Crippen molar-refractivity contribution in [3.8, 4) is 11.5 Å². The Morgan fingerprint density at radius 3 is 2.55 bits per heavy atom. The van der Waals surface area contributed by atoms with Crippen molar-refractivity contribution < 1.29 is 23.8 Å². The highest BCUT2D eigenvalue weighted by molar-refractivity contribution is 5.96. The molecule has 0 bridgehead atoms. The Labute approximate surface area is 168 Å². The van der Waals surface area contributed by atoms with Crippen molar-refractivity contribution in [1.82, 2.24) is 5.32 Å². The molecule has 0 atom stereocenters. The standard InChI is InChI=1S/C23H21NO5/c25-22(24-10-9-16-5-8-20-21(13-16)28-12-11-27-20)15-29-23(26)19-7-6-17-3-1-2-4-18(17)14-19/h1-8,13-14H,9-12,15H2,(H,24,25). The number of fused-ring (bicyclic) bond motifs is 2. The van der Waals surface area contributed by atoms with Gasteiger partial charge in [-0.25, -0.2) is 4.79 Å². The van der Waals surface area contributed by atoms with Gasteiger partial charge in [0.05, 0.1) is 5.56 Å². The van der Waals surface area contributed by atoms with Gasteiger partial charge in [-0.2, -0.15) is 0 Å². The maximum Gasteiger partial charge on any atom is 0.338 e. The van der Waals surface area contributed by atoms with Crippen LogP contribution in [0.3, 0.4) is 0 Å². The predicted octanol–water partition coefficient (Wildman–Crippen LogP) is 3.13. The van der Waals surface area contributed by atoms with Crippen LogP contribution < -0.4 is 14.8 Å². The summed E-state index contributed by atoms with van der Waals surface area (Å²) in [5, 5.41) is 4.75. The van der Waals surface area contributed by atoms with Crippen molar-refractivity contribution in [3.05, 3.63) is 71.8 Å². The summed E-state index contributed by atoms with van der Waals surface area (Å²) in [5.41, 5.74) is 1.45. The van der Waals surface area contributed by atoms with Crippen LogP contribution in [0.15, 0.2) is 60.7 Å². The van der Waals surface area contributed by atoms with Crippen molar-refractivity contribution >= 4 is 22.6 Å². The van der Waals surface area contributed by atoms with Crippen molar-refractivity contribution in [2.75, 3.05) is 26.4 Å². The molecule has 3 aromatic carbocycles. The van der Waals surface area contributed by atoms with Crippen molar-refractivity contribution in [3.63, 3.8) is 0 Å². The van der Waals surface area contributed by atoms with Gasteiger partial charge in [-0.05, 0) is 47.0 Å². The summed E-state index contributed by atoms with van der Waals surface area (Å²) < 4.78 is 16.2. The van der Waals surface area contributed by atoms with Crippen LogP contribution in [0.5, 0.6) is 11.5 Å². The first-order valence-corrected chi connectivity index (χ1v) is 9.50. The molecule has 1 heterocycles. The molecule has 3 aromatic rings. The van der Waals surface area contributed by atoms with Crippen molar-refractivity contribution in [2.24, 2.45) is 0 Å². The molecule has 0 saturated heterocycles. The monoisotopic (exact) mass is 391 g/mol. The van der Waals surface area contributed by atoms with E-state index in [0.29, 0.717) is 31.7 Å². The number of carbonyl (C=O) groups is 2. The second kappa shape index (κ2) is 8.65. The minimum absolute atomic E-state index is 0.313. The molecule has 6 nitrogen and oxygen atoms in total. The van der Waals surface area contributed by atoms with Gasteiger partial charge in [0.25, 0.3) is 5.91 Å². The average molecular weight is 391 g/mol. The molecule has 1 N–H and O–H groups in total. The zero-order chi connectivity index (χ0) is 20.1. The van der Waals surface area contributed by atoms with Crippen LogP contribution in [0.1, 0.15) is 15.9 Å². The fourth-order valence-electron chi connectivity index (χ4n) is 3.17. The minimum Gasteiger partial charge on any atom is -0.486 e. The van der Waals surface area contributed by atoms with Crippen LogP contribution in [0.2, 0.25) is 0 Å². The van der Waals surface area contributed by atoms with Gasteiger partial charge in [-0.1, -0.05) is 36.4 Å². The van der Waals surface area contributed by atoms with Crippen molar-refractivity contribution in [1.29, 1.82) is 0 Å². The molecular weight excluding hydrogens is 370 g/mol. The highest BCUT2D eigenvalue weighted by Crippen LogP contribution is 2.30. The van der Waals surface area contributed by atoms with Gasteiger partial charge in [0.1, 0.15) is 13.2 Å². The zero-order valence-electron chi connectivity index (χ0n) is 15.9. The fraction of sp³-hybridized carbons (Fsp3) is 0.217. The molecule has 1 aliphatic heterocycles. The smallest absolute Gasteiger partial charge is 0.338 e. The first-order chi connectivity index (χ1) is 14.2. The number of rotatable bonds is 6. The predicted molar refractivity (Wildman–Crippen MR) is 108 cm³/mol. The van der Waals surface area contributed by atoms with Crippen LogP contribution >= 0.6 is 0 Å². The molecule has 0 unspecified atom stereocenters. The van der Waals surface area contributed by atoms with E-state index in [1.807, 2.05) is 48.5 Å². The van der Waals surface area contributed by atoms with Crippen LogP contribution in [0.4, 0.5) is 0 Å². The number of carbonyl (C=O) groups excluding carboxylic acids is 2. The van der Waals surface area contributed by atoms with Gasteiger partial charge in [0.15, 0.2) is 18.1 Å². The lowest BCUT2D eigenvalue weighted by atomic mass is 10.1. The number of esters is 1. The average Bonchev–Trinajstić information content (AvgIpc) is 2.77. The van der Waals surface area contributed by atoms with E-state index in [1.54, 1.807) is 12.1 Å². The van der Waals surface area contributed by atoms with Crippen LogP contribution in [-0.4, -0.2) is 38.2 Å². The second-order valence-corrected chi connectivity index (χ2v) is 6.72. The zero-order valence-corrected chi connectivity index (χ0v) is 15.9. The van der Waals surface area contributed by atoms with E-state index in [1.165, 1.54) is 0 Å². The molecule has 4 rings (SSSR count). The number of hydrogen-bond acceptors (Lipinski definition) is 5. The lowest BCUT2D eigenvalue weighted by Gasteiger charge is -2.18. The molecular formula is C23H21NO5. The van der Waals surface area contributed by atoms with Crippen molar-refractivity contribution in [2.45, 2.75) is 6.42 Å². The molecule has 0 aliphatic carbocycles. The number of benzene rings is 3. The van der Waals surface area contributed by atoms with Crippen LogP contribution in [-0.2, 0) is 16.0 Å². The Bertz CT molecular complexity index is 1050. The maximum atomic E-state index is 12.2. The largest absolute Gasteiger partial charge is 0.486 e. The molecule has 1 aliphatic rings. The van der Waals surface area contributed by atoms with Gasteiger partial charge in [-0.15, -0.1) is 0 Å². The summed E-state index contributed by atoms with van der Waals surface area (Å²) in [4.78, 5) is 24.2. The lowest BCUT2D eigenvalue weighted by molar-refractivity contribution is -0.124. The van der Waals surface area contributed by atoms with E-state index >= 15 is 0 Å². The Morgan fingerprint density at radius 1 is 0.897 bits per heavy atom. The van der Waals surface area contributed by atoms with Crippen LogP contribution in [0, 0.1) is 0 Å². The quantitative estimate of drug-likeness (QED) is 0.654. The number of ether oxygens (including phenoxy) is 3. The summed E-state index contributed by atoms with van der Waals surface area (Å²) in [6.45, 7) is 1.22. The molecule has 0 fully saturated rings. The molecule has 0 saturated carbocycles. The van der Waals surface area contributed by atoms with E-state index < -0.39 is 5.97 Å². The lowest BCUT2D eigenvalue weighted by Crippen LogP contribution is -2.30. The van der Waals surface area contributed by atoms with Crippen LogP contribution in [0.25, 0.3) is 10.8 Å². The molecule has 1 amide bonds. The minimum atomic E-state index is -0.516. The van der Waals surface area contributed by atoms with Gasteiger partial charge >= 0.3 is 5.97 Å². The summed E-state index contributed by atoms with van der Waals surface area (Å²) in [7, 11) is 0.